The van der Waals surface area contributed by atoms with Gasteiger partial charge in [0.05, 0.1) is 42.2 Å². The number of amides is 2. The van der Waals surface area contributed by atoms with Gasteiger partial charge in [-0.25, -0.2) is 9.71 Å². The number of sulfonamides is 1. The lowest BCUT2D eigenvalue weighted by Crippen LogP contribution is -2.96. The van der Waals surface area contributed by atoms with Gasteiger partial charge in [0, 0.05) is 54.3 Å². The summed E-state index contributed by atoms with van der Waals surface area (Å²) in [5.74, 6) is 0.754. The van der Waals surface area contributed by atoms with Gasteiger partial charge in [-0.15, -0.1) is 0 Å². The van der Waals surface area contributed by atoms with Crippen LogP contribution in [0.15, 0.2) is 53.9 Å². The number of piperazine rings is 1. The zero-order valence-corrected chi connectivity index (χ0v) is 29.5. The molecule has 12 heteroatoms. The first-order valence-electron chi connectivity index (χ1n) is 18.0. The summed E-state index contributed by atoms with van der Waals surface area (Å²) in [4.78, 5) is 37.3. The molecule has 1 spiro atoms. The molecule has 3 aliphatic heterocycles. The van der Waals surface area contributed by atoms with Crippen molar-refractivity contribution >= 4 is 32.7 Å². The smallest absolute Gasteiger partial charge is 0.283 e. The predicted molar refractivity (Wildman–Crippen MR) is 186 cm³/mol. The number of rotatable bonds is 6. The lowest BCUT2D eigenvalue weighted by Gasteiger charge is -2.80. The number of nitrogens with one attached hydrogen (secondary N) is 1. The molecular formula is C38H42N6O5S. The highest BCUT2D eigenvalue weighted by atomic mass is 32.2. The van der Waals surface area contributed by atoms with Crippen LogP contribution >= 0.6 is 0 Å². The van der Waals surface area contributed by atoms with Crippen LogP contribution < -0.4 is 9.46 Å². The van der Waals surface area contributed by atoms with Crippen molar-refractivity contribution in [2.75, 3.05) is 20.7 Å². The number of likely N-dealkylation sites (tertiary alicyclic amines) is 2. The molecule has 50 heavy (non-hydrogen) atoms. The van der Waals surface area contributed by atoms with Crippen molar-refractivity contribution in [2.24, 2.45) is 12.5 Å². The highest BCUT2D eigenvalue weighted by Gasteiger charge is 2.78. The normalized spacial score (nSPS) is 29.6. The van der Waals surface area contributed by atoms with E-state index in [4.69, 9.17) is 4.74 Å². The van der Waals surface area contributed by atoms with Gasteiger partial charge in [-0.05, 0) is 86.5 Å². The topological polar surface area (TPSA) is 119 Å². The van der Waals surface area contributed by atoms with Gasteiger partial charge in [0.2, 0.25) is 5.91 Å². The fourth-order valence-corrected chi connectivity index (χ4v) is 11.7. The van der Waals surface area contributed by atoms with Crippen molar-refractivity contribution in [1.82, 2.24) is 28.6 Å². The third kappa shape index (κ3) is 3.89. The fraction of sp³-hybridized carbons (Fsp3) is 0.500. The van der Waals surface area contributed by atoms with Crippen molar-refractivity contribution in [2.45, 2.75) is 92.4 Å². The lowest BCUT2D eigenvalue weighted by atomic mass is 9.52. The van der Waals surface area contributed by atoms with Crippen LogP contribution in [-0.2, 0) is 28.4 Å². The largest absolute Gasteiger partial charge is 0.497 e. The first kappa shape index (κ1) is 30.6. The molecule has 5 unspecified atom stereocenters. The SMILES string of the molecule is COc1ccc2c(c1)C1CC1(C(=O)N1C3CCC34C1CN4C)Cn1c-2c(C2CCCCC2)c2ccc(C(=O)NS(=O)(=O)c3cn(C)cn3)cc21. The Kier molecular flexibility index (Phi) is 6.26. The number of fused-ring (bicyclic) bond motifs is 7. The molecule has 10 rings (SSSR count). The van der Waals surface area contributed by atoms with E-state index in [0.717, 1.165) is 79.4 Å². The molecule has 0 radical (unpaired) electrons. The summed E-state index contributed by atoms with van der Waals surface area (Å²) in [6.45, 7) is 1.44. The minimum absolute atomic E-state index is 0.0668. The number of likely N-dealkylation sites (N-methyl/N-ethyl adjacent to an activating group) is 1. The van der Waals surface area contributed by atoms with E-state index in [1.165, 1.54) is 34.6 Å². The van der Waals surface area contributed by atoms with Crippen LogP contribution in [0.1, 0.15) is 84.7 Å². The molecule has 260 valence electrons. The number of imidazole rings is 1. The molecule has 5 fully saturated rings. The number of aryl methyl sites for hydroxylation is 1. The van der Waals surface area contributed by atoms with Gasteiger partial charge in [0.1, 0.15) is 5.75 Å². The van der Waals surface area contributed by atoms with E-state index in [2.05, 4.69) is 43.3 Å². The zero-order chi connectivity index (χ0) is 34.3. The third-order valence-corrected chi connectivity index (χ3v) is 14.6. The van der Waals surface area contributed by atoms with Gasteiger partial charge < -0.3 is 18.8 Å². The highest BCUT2D eigenvalue weighted by Crippen LogP contribution is 2.69. The highest BCUT2D eigenvalue weighted by molar-refractivity contribution is 7.90. The van der Waals surface area contributed by atoms with Gasteiger partial charge in [0.25, 0.3) is 15.9 Å². The summed E-state index contributed by atoms with van der Waals surface area (Å²) in [5, 5.41) is 0.860. The number of aromatic nitrogens is 3. The summed E-state index contributed by atoms with van der Waals surface area (Å²) >= 11 is 0. The Morgan fingerprint density at radius 1 is 1.02 bits per heavy atom. The summed E-state index contributed by atoms with van der Waals surface area (Å²) in [7, 11) is 1.39. The van der Waals surface area contributed by atoms with Crippen LogP contribution in [0.5, 0.6) is 5.75 Å². The average Bonchev–Trinajstić information content (AvgIpc) is 3.54. The molecule has 2 amide bonds. The molecule has 1 N–H and O–H groups in total. The van der Waals surface area contributed by atoms with Crippen molar-refractivity contribution in [1.29, 1.82) is 0 Å². The Morgan fingerprint density at radius 3 is 2.52 bits per heavy atom. The van der Waals surface area contributed by atoms with Crippen LogP contribution in [0, 0.1) is 5.41 Å². The molecule has 11 nitrogen and oxygen atoms in total. The summed E-state index contributed by atoms with van der Waals surface area (Å²) < 4.78 is 38.0. The Balaban J connectivity index is 1.13. The number of carbonyl (C=O) groups excluding carboxylic acids is 2. The fourth-order valence-electron chi connectivity index (χ4n) is 10.7. The zero-order valence-electron chi connectivity index (χ0n) is 28.7. The standard InChI is InChI=1S/C38H42N6O5S/c1-41-19-32(39-21-41)50(47,48)40-35(45)23-9-11-26-29(15-23)43-20-37(36(46)44-30-13-14-38(30)31(44)18-42(38)2)17-28(37)27-16-24(49-3)10-12-25(27)34(43)33(26)22-7-5-4-6-8-22/h9-12,15-16,19,21-22,28,30-31H,4-8,13-14,17-18,20H2,1-3H3,(H,40,45). The number of nitrogens with zero attached hydrogens (tertiary/aromatic N) is 5. The maximum Gasteiger partial charge on any atom is 0.283 e. The van der Waals surface area contributed by atoms with E-state index in [1.807, 2.05) is 18.2 Å². The van der Waals surface area contributed by atoms with Crippen molar-refractivity contribution in [3.8, 4) is 17.0 Å². The van der Waals surface area contributed by atoms with Crippen molar-refractivity contribution in [3.05, 3.63) is 65.6 Å². The van der Waals surface area contributed by atoms with Gasteiger partial charge in [-0.1, -0.05) is 25.3 Å². The molecule has 4 aromatic rings. The van der Waals surface area contributed by atoms with E-state index in [9.17, 15) is 18.0 Å². The average molecular weight is 695 g/mol. The maximum absolute atomic E-state index is 15.0. The Bertz CT molecular complexity index is 2250. The van der Waals surface area contributed by atoms with E-state index < -0.39 is 21.3 Å². The Labute approximate surface area is 291 Å². The minimum atomic E-state index is -4.17. The second-order valence-corrected chi connectivity index (χ2v) is 17.4. The lowest BCUT2D eigenvalue weighted by molar-refractivity contribution is -0.278. The Morgan fingerprint density at radius 2 is 1.84 bits per heavy atom. The number of methoxy groups -OCH3 is 1. The maximum atomic E-state index is 15.0. The van der Waals surface area contributed by atoms with Crippen LogP contribution in [0.25, 0.3) is 22.2 Å². The van der Waals surface area contributed by atoms with Crippen molar-refractivity contribution in [3.63, 3.8) is 0 Å². The number of ether oxygens (including phenoxy) is 1. The van der Waals surface area contributed by atoms with Crippen LogP contribution in [-0.4, -0.2) is 82.5 Å². The number of benzene rings is 2. The van der Waals surface area contributed by atoms with Crippen LogP contribution in [0.4, 0.5) is 0 Å². The van der Waals surface area contributed by atoms with Gasteiger partial charge in [-0.2, -0.15) is 8.42 Å². The molecular weight excluding hydrogens is 653 g/mol. The van der Waals surface area contributed by atoms with Gasteiger partial charge in [-0.3, -0.25) is 14.5 Å². The Hall–Kier alpha value is -4.16. The van der Waals surface area contributed by atoms with E-state index >= 15 is 0 Å². The van der Waals surface area contributed by atoms with Crippen LogP contribution in [0.3, 0.4) is 0 Å². The molecule has 6 aliphatic rings. The molecule has 2 saturated heterocycles. The second kappa shape index (κ2) is 10.2. The van der Waals surface area contributed by atoms with E-state index in [0.29, 0.717) is 12.5 Å². The number of hydrogen-bond donors (Lipinski definition) is 1. The first-order chi connectivity index (χ1) is 24.1. The molecule has 2 aromatic heterocycles. The quantitative estimate of drug-likeness (QED) is 0.309. The summed E-state index contributed by atoms with van der Waals surface area (Å²) in [5.41, 5.74) is 5.42. The monoisotopic (exact) mass is 694 g/mol. The minimum Gasteiger partial charge on any atom is -0.497 e. The number of piperidine rings is 1. The molecule has 3 aliphatic carbocycles. The molecule has 0 bridgehead atoms. The molecule has 3 saturated carbocycles. The number of carbonyl (C=O) groups is 2. The van der Waals surface area contributed by atoms with E-state index in [1.54, 1.807) is 20.2 Å². The van der Waals surface area contributed by atoms with Gasteiger partial charge in [0.15, 0.2) is 5.03 Å². The third-order valence-electron chi connectivity index (χ3n) is 13.4. The molecule has 5 atom stereocenters. The van der Waals surface area contributed by atoms with Crippen LogP contribution in [0.2, 0.25) is 0 Å². The van der Waals surface area contributed by atoms with Gasteiger partial charge >= 0.3 is 0 Å². The summed E-state index contributed by atoms with van der Waals surface area (Å²) in [6, 6.07) is 12.5. The van der Waals surface area contributed by atoms with Crippen molar-refractivity contribution < 1.29 is 22.7 Å². The first-order valence-corrected chi connectivity index (χ1v) is 19.5. The predicted octanol–water partition coefficient (Wildman–Crippen LogP) is 4.76. The number of hydrogen-bond acceptors (Lipinski definition) is 7. The summed E-state index contributed by atoms with van der Waals surface area (Å²) in [6.07, 6.45) is 11.5. The second-order valence-electron chi connectivity index (χ2n) is 15.7. The van der Waals surface area contributed by atoms with E-state index in [-0.39, 0.29) is 40.0 Å². The molecule has 5 heterocycles. The molecule has 2 aromatic carbocycles.